The van der Waals surface area contributed by atoms with Crippen LogP contribution < -0.4 is 11.1 Å². The van der Waals surface area contributed by atoms with Gasteiger partial charge in [0.05, 0.1) is 6.54 Å². The first kappa shape index (κ1) is 16.3. The first-order chi connectivity index (χ1) is 10.1. The van der Waals surface area contributed by atoms with Gasteiger partial charge in [-0.15, -0.1) is 0 Å². The van der Waals surface area contributed by atoms with Crippen molar-refractivity contribution >= 4 is 11.8 Å². The van der Waals surface area contributed by atoms with E-state index in [-0.39, 0.29) is 18.4 Å². The van der Waals surface area contributed by atoms with Crippen LogP contribution in [0.5, 0.6) is 0 Å². The molecule has 1 heterocycles. The van der Waals surface area contributed by atoms with Crippen LogP contribution in [-0.4, -0.2) is 42.9 Å². The monoisotopic (exact) mass is 295 g/mol. The third kappa shape index (κ3) is 4.70. The van der Waals surface area contributed by atoms with E-state index in [0.29, 0.717) is 18.4 Å². The maximum atomic E-state index is 12.6. The molecule has 3 N–H and O–H groups in total. The molecular weight excluding hydrogens is 266 g/mol. The van der Waals surface area contributed by atoms with Crippen LogP contribution in [0.3, 0.4) is 0 Å². The number of primary amides is 1. The van der Waals surface area contributed by atoms with Crippen molar-refractivity contribution in [3.8, 4) is 0 Å². The van der Waals surface area contributed by atoms with Crippen LogP contribution in [0.2, 0.25) is 0 Å². The number of nitrogens with one attached hydrogen (secondary N) is 1. The number of nitrogens with two attached hydrogens (primary N) is 1. The van der Waals surface area contributed by atoms with E-state index < -0.39 is 5.91 Å². The van der Waals surface area contributed by atoms with E-state index in [2.05, 4.69) is 5.32 Å². The highest BCUT2D eigenvalue weighted by molar-refractivity contribution is 5.85. The molecule has 1 aliphatic heterocycles. The van der Waals surface area contributed by atoms with Gasteiger partial charge in [-0.2, -0.15) is 0 Å². The summed E-state index contributed by atoms with van der Waals surface area (Å²) in [5, 5.41) is 3.20. The lowest BCUT2D eigenvalue weighted by Gasteiger charge is -2.35. The Hall–Kier alpha value is -1.10. The fraction of sp³-hybridized carbons (Fsp3) is 0.875. The highest BCUT2D eigenvalue weighted by Gasteiger charge is 2.32. The molecule has 5 heteroatoms. The van der Waals surface area contributed by atoms with Crippen molar-refractivity contribution in [2.45, 2.75) is 45.4 Å². The Morgan fingerprint density at radius 2 is 1.90 bits per heavy atom. The lowest BCUT2D eigenvalue weighted by molar-refractivity contribution is -0.140. The van der Waals surface area contributed by atoms with Gasteiger partial charge in [-0.3, -0.25) is 9.59 Å². The molecule has 1 unspecified atom stereocenters. The van der Waals surface area contributed by atoms with Crippen LogP contribution in [0.25, 0.3) is 0 Å². The van der Waals surface area contributed by atoms with Gasteiger partial charge in [0.15, 0.2) is 0 Å². The second-order valence-corrected chi connectivity index (χ2v) is 6.73. The molecule has 1 saturated carbocycles. The summed E-state index contributed by atoms with van der Waals surface area (Å²) in [6.07, 6.45) is 7.49. The Balaban J connectivity index is 1.86. The molecule has 0 aromatic heterocycles. The van der Waals surface area contributed by atoms with Crippen molar-refractivity contribution in [3.63, 3.8) is 0 Å². The van der Waals surface area contributed by atoms with Crippen LogP contribution in [0.15, 0.2) is 0 Å². The smallest absolute Gasteiger partial charge is 0.237 e. The fourth-order valence-electron chi connectivity index (χ4n) is 3.42. The quantitative estimate of drug-likeness (QED) is 0.739. The summed E-state index contributed by atoms with van der Waals surface area (Å²) in [7, 11) is 0. The number of carbonyl (C=O) groups is 2. The molecule has 2 fully saturated rings. The lowest BCUT2D eigenvalue weighted by Crippen LogP contribution is -2.51. The molecule has 0 aromatic carbocycles. The zero-order chi connectivity index (χ0) is 15.2. The van der Waals surface area contributed by atoms with E-state index in [4.69, 9.17) is 5.73 Å². The van der Waals surface area contributed by atoms with Crippen LogP contribution in [0.4, 0.5) is 0 Å². The molecule has 0 bridgehead atoms. The minimum Gasteiger partial charge on any atom is -0.368 e. The minimum absolute atomic E-state index is 0.0167. The molecule has 2 amide bonds. The van der Waals surface area contributed by atoms with Gasteiger partial charge in [-0.1, -0.05) is 39.0 Å². The first-order valence-corrected chi connectivity index (χ1v) is 8.35. The normalized spacial score (nSPS) is 21.6. The molecule has 5 nitrogen and oxygen atoms in total. The Labute approximate surface area is 127 Å². The maximum Gasteiger partial charge on any atom is 0.237 e. The molecule has 0 radical (unpaired) electrons. The molecule has 2 aliphatic rings. The van der Waals surface area contributed by atoms with Crippen molar-refractivity contribution in [1.82, 2.24) is 10.2 Å². The van der Waals surface area contributed by atoms with Gasteiger partial charge in [-0.05, 0) is 31.3 Å². The Bertz CT molecular complexity index is 363. The Kier molecular flexibility index (Phi) is 6.03. The molecule has 1 saturated heterocycles. The minimum atomic E-state index is -0.411. The molecule has 120 valence electrons. The number of rotatable bonds is 7. The van der Waals surface area contributed by atoms with Gasteiger partial charge in [-0.25, -0.2) is 0 Å². The number of hydrogen-bond donors (Lipinski definition) is 2. The van der Waals surface area contributed by atoms with Crippen molar-refractivity contribution in [1.29, 1.82) is 0 Å². The SMILES string of the molecule is CC(C(=O)N(CCC1CCCCC1)CC(N)=O)C1CNC1. The van der Waals surface area contributed by atoms with Gasteiger partial charge >= 0.3 is 0 Å². The van der Waals surface area contributed by atoms with Crippen LogP contribution in [0.1, 0.15) is 45.4 Å². The molecule has 2 rings (SSSR count). The van der Waals surface area contributed by atoms with Crippen molar-refractivity contribution in [3.05, 3.63) is 0 Å². The first-order valence-electron chi connectivity index (χ1n) is 8.35. The molecule has 1 aliphatic carbocycles. The van der Waals surface area contributed by atoms with Crippen LogP contribution >= 0.6 is 0 Å². The number of amides is 2. The zero-order valence-electron chi connectivity index (χ0n) is 13.1. The van der Waals surface area contributed by atoms with E-state index in [1.165, 1.54) is 32.1 Å². The van der Waals surface area contributed by atoms with Crippen molar-refractivity contribution in [2.24, 2.45) is 23.5 Å². The van der Waals surface area contributed by atoms with E-state index in [0.717, 1.165) is 19.5 Å². The van der Waals surface area contributed by atoms with Crippen molar-refractivity contribution < 1.29 is 9.59 Å². The summed E-state index contributed by atoms with van der Waals surface area (Å²) in [6.45, 7) is 4.52. The van der Waals surface area contributed by atoms with Gasteiger partial charge in [0.2, 0.25) is 11.8 Å². The van der Waals surface area contributed by atoms with Gasteiger partial charge < -0.3 is 16.0 Å². The van der Waals surface area contributed by atoms with Crippen LogP contribution in [0, 0.1) is 17.8 Å². The van der Waals surface area contributed by atoms with E-state index in [1.807, 2.05) is 6.92 Å². The Morgan fingerprint density at radius 1 is 1.24 bits per heavy atom. The fourth-order valence-corrected chi connectivity index (χ4v) is 3.42. The maximum absolute atomic E-state index is 12.6. The molecular formula is C16H29N3O2. The number of nitrogens with zero attached hydrogens (tertiary/aromatic N) is 1. The summed E-state index contributed by atoms with van der Waals surface area (Å²) in [5.74, 6) is 0.782. The van der Waals surface area contributed by atoms with Crippen molar-refractivity contribution in [2.75, 3.05) is 26.2 Å². The van der Waals surface area contributed by atoms with E-state index in [1.54, 1.807) is 4.90 Å². The van der Waals surface area contributed by atoms with Crippen LogP contribution in [-0.2, 0) is 9.59 Å². The highest BCUT2D eigenvalue weighted by Crippen LogP contribution is 2.27. The average Bonchev–Trinajstić information content (AvgIpc) is 2.41. The highest BCUT2D eigenvalue weighted by atomic mass is 16.2. The van der Waals surface area contributed by atoms with E-state index >= 15 is 0 Å². The largest absolute Gasteiger partial charge is 0.368 e. The lowest BCUT2D eigenvalue weighted by atomic mass is 9.86. The molecule has 21 heavy (non-hydrogen) atoms. The van der Waals surface area contributed by atoms with E-state index in [9.17, 15) is 9.59 Å². The second-order valence-electron chi connectivity index (χ2n) is 6.73. The summed E-state index contributed by atoms with van der Waals surface area (Å²) in [4.78, 5) is 25.5. The summed E-state index contributed by atoms with van der Waals surface area (Å²) < 4.78 is 0. The number of hydrogen-bond acceptors (Lipinski definition) is 3. The van der Waals surface area contributed by atoms with Gasteiger partial charge in [0, 0.05) is 12.5 Å². The predicted octanol–water partition coefficient (Wildman–Crippen LogP) is 1.13. The van der Waals surface area contributed by atoms with Gasteiger partial charge in [0.25, 0.3) is 0 Å². The standard InChI is InChI=1S/C16H29N3O2/c1-12(14-9-18-10-14)16(21)19(11-15(17)20)8-7-13-5-3-2-4-6-13/h12-14,18H,2-11H2,1H3,(H2,17,20). The van der Waals surface area contributed by atoms with Gasteiger partial charge in [0.1, 0.15) is 0 Å². The molecule has 1 atom stereocenters. The molecule has 0 spiro atoms. The number of carbonyl (C=O) groups excluding carboxylic acids is 2. The Morgan fingerprint density at radius 3 is 2.43 bits per heavy atom. The second kappa shape index (κ2) is 7.78. The average molecular weight is 295 g/mol. The predicted molar refractivity (Wildman–Crippen MR) is 82.5 cm³/mol. The molecule has 0 aromatic rings. The summed E-state index contributed by atoms with van der Waals surface area (Å²) in [6, 6.07) is 0. The third-order valence-corrected chi connectivity index (χ3v) is 5.10. The summed E-state index contributed by atoms with van der Waals surface area (Å²) in [5.41, 5.74) is 5.32. The topological polar surface area (TPSA) is 75.4 Å². The summed E-state index contributed by atoms with van der Waals surface area (Å²) >= 11 is 0. The third-order valence-electron chi connectivity index (χ3n) is 5.10. The zero-order valence-corrected chi connectivity index (χ0v) is 13.1.